The molecule has 0 aliphatic carbocycles. The number of carbonyl (C=O) groups is 1. The Hall–Kier alpha value is -1.77. The van der Waals surface area contributed by atoms with Gasteiger partial charge in [-0.2, -0.15) is 8.78 Å². The first-order valence-electron chi connectivity index (χ1n) is 4.38. The monoisotopic (exact) mass is 325 g/mol. The molecule has 1 rings (SSSR count). The first-order chi connectivity index (χ1) is 8.38. The maximum absolute atomic E-state index is 12.2. The van der Waals surface area contributed by atoms with Crippen molar-refractivity contribution in [2.24, 2.45) is 0 Å². The lowest BCUT2D eigenvalue weighted by Crippen LogP contribution is -2.12. The lowest BCUT2D eigenvalue weighted by molar-refractivity contribution is -0.385. The summed E-state index contributed by atoms with van der Waals surface area (Å²) in [5.74, 6) is -1.77. The SMILES string of the molecule is COC(=O)c1c([N+](=O)[O-])ccc(Br)c1OC(F)F. The molecular weight excluding hydrogens is 320 g/mol. The van der Waals surface area contributed by atoms with E-state index in [4.69, 9.17) is 0 Å². The molecule has 0 atom stereocenters. The number of esters is 1. The van der Waals surface area contributed by atoms with Gasteiger partial charge in [0.25, 0.3) is 5.69 Å². The predicted molar refractivity (Wildman–Crippen MR) is 58.8 cm³/mol. The molecule has 0 amide bonds. The van der Waals surface area contributed by atoms with Crippen LogP contribution in [0.1, 0.15) is 10.4 Å². The van der Waals surface area contributed by atoms with Crippen LogP contribution in [0, 0.1) is 10.1 Å². The number of halogens is 3. The molecule has 6 nitrogen and oxygen atoms in total. The molecule has 0 aliphatic rings. The fourth-order valence-electron chi connectivity index (χ4n) is 1.20. The predicted octanol–water partition coefficient (Wildman–Crippen LogP) is 2.75. The molecule has 9 heteroatoms. The van der Waals surface area contributed by atoms with Crippen molar-refractivity contribution in [3.05, 3.63) is 32.3 Å². The number of methoxy groups -OCH3 is 1. The van der Waals surface area contributed by atoms with E-state index in [9.17, 15) is 23.7 Å². The molecule has 0 saturated heterocycles. The zero-order chi connectivity index (χ0) is 13.9. The van der Waals surface area contributed by atoms with E-state index in [0.717, 1.165) is 19.2 Å². The van der Waals surface area contributed by atoms with Crippen LogP contribution in [0.3, 0.4) is 0 Å². The summed E-state index contributed by atoms with van der Waals surface area (Å²) in [4.78, 5) is 21.3. The Morgan fingerprint density at radius 3 is 2.56 bits per heavy atom. The Morgan fingerprint density at radius 2 is 2.11 bits per heavy atom. The Bertz CT molecular complexity index is 494. The second-order valence-electron chi connectivity index (χ2n) is 2.90. The average Bonchev–Trinajstić information content (AvgIpc) is 2.29. The minimum Gasteiger partial charge on any atom is -0.465 e. The third-order valence-corrected chi connectivity index (χ3v) is 2.51. The van der Waals surface area contributed by atoms with Crippen molar-refractivity contribution in [2.45, 2.75) is 6.61 Å². The highest BCUT2D eigenvalue weighted by Crippen LogP contribution is 2.36. The van der Waals surface area contributed by atoms with Gasteiger partial charge in [0, 0.05) is 6.07 Å². The lowest BCUT2D eigenvalue weighted by Gasteiger charge is -2.11. The van der Waals surface area contributed by atoms with Gasteiger partial charge >= 0.3 is 12.6 Å². The van der Waals surface area contributed by atoms with Gasteiger partial charge in [-0.1, -0.05) is 0 Å². The van der Waals surface area contributed by atoms with Gasteiger partial charge in [-0.25, -0.2) is 4.79 Å². The van der Waals surface area contributed by atoms with Gasteiger partial charge in [-0.05, 0) is 22.0 Å². The number of benzene rings is 1. The number of hydrogen-bond donors (Lipinski definition) is 0. The molecule has 0 N–H and O–H groups in total. The highest BCUT2D eigenvalue weighted by Gasteiger charge is 2.29. The third kappa shape index (κ3) is 2.92. The zero-order valence-corrected chi connectivity index (χ0v) is 10.4. The van der Waals surface area contributed by atoms with E-state index in [1.807, 2.05) is 0 Å². The van der Waals surface area contributed by atoms with Crippen LogP contribution in [0.2, 0.25) is 0 Å². The van der Waals surface area contributed by atoms with Gasteiger partial charge in [-0.3, -0.25) is 10.1 Å². The Morgan fingerprint density at radius 1 is 1.50 bits per heavy atom. The number of rotatable bonds is 4. The van der Waals surface area contributed by atoms with Crippen LogP contribution in [0.4, 0.5) is 14.5 Å². The Labute approximate surface area is 108 Å². The Kier molecular flexibility index (Phi) is 4.54. The van der Waals surface area contributed by atoms with Crippen molar-refractivity contribution in [2.75, 3.05) is 7.11 Å². The van der Waals surface area contributed by atoms with Gasteiger partial charge in [0.1, 0.15) is 0 Å². The molecule has 0 fully saturated rings. The van der Waals surface area contributed by atoms with Crippen LogP contribution in [0.5, 0.6) is 5.75 Å². The van der Waals surface area contributed by atoms with Gasteiger partial charge in [0.2, 0.25) is 0 Å². The van der Waals surface area contributed by atoms with Gasteiger partial charge in [0.15, 0.2) is 11.3 Å². The van der Waals surface area contributed by atoms with Crippen molar-refractivity contribution in [1.82, 2.24) is 0 Å². The number of nitro groups is 1. The van der Waals surface area contributed by atoms with E-state index in [1.54, 1.807) is 0 Å². The molecule has 1 aromatic carbocycles. The number of alkyl halides is 2. The van der Waals surface area contributed by atoms with Crippen LogP contribution in [-0.4, -0.2) is 24.6 Å². The second-order valence-corrected chi connectivity index (χ2v) is 3.75. The minimum absolute atomic E-state index is 0.0196. The Balaban J connectivity index is 3.49. The molecule has 0 aromatic heterocycles. The molecule has 0 unspecified atom stereocenters. The van der Waals surface area contributed by atoms with E-state index in [1.165, 1.54) is 0 Å². The maximum Gasteiger partial charge on any atom is 0.387 e. The first-order valence-corrected chi connectivity index (χ1v) is 5.17. The van der Waals surface area contributed by atoms with Crippen molar-refractivity contribution in [3.8, 4) is 5.75 Å². The highest BCUT2D eigenvalue weighted by atomic mass is 79.9. The summed E-state index contributed by atoms with van der Waals surface area (Å²) in [7, 11) is 0.971. The fourth-order valence-corrected chi connectivity index (χ4v) is 1.63. The number of ether oxygens (including phenoxy) is 2. The molecule has 1 aromatic rings. The zero-order valence-electron chi connectivity index (χ0n) is 8.85. The number of carbonyl (C=O) groups excluding carboxylic acids is 1. The van der Waals surface area contributed by atoms with Gasteiger partial charge in [0.05, 0.1) is 16.5 Å². The van der Waals surface area contributed by atoms with Crippen molar-refractivity contribution in [3.63, 3.8) is 0 Å². The van der Waals surface area contributed by atoms with E-state index >= 15 is 0 Å². The number of hydrogen-bond acceptors (Lipinski definition) is 5. The molecular formula is C9H6BrF2NO5. The normalized spacial score (nSPS) is 10.3. The molecule has 0 bridgehead atoms. The minimum atomic E-state index is -3.23. The van der Waals surface area contributed by atoms with E-state index in [2.05, 4.69) is 25.4 Å². The molecule has 18 heavy (non-hydrogen) atoms. The van der Waals surface area contributed by atoms with E-state index < -0.39 is 34.5 Å². The van der Waals surface area contributed by atoms with Crippen molar-refractivity contribution >= 4 is 27.6 Å². The summed E-state index contributed by atoms with van der Waals surface area (Å²) in [6, 6.07) is 2.11. The smallest absolute Gasteiger partial charge is 0.387 e. The van der Waals surface area contributed by atoms with Crippen LogP contribution >= 0.6 is 15.9 Å². The standard InChI is InChI=1S/C9H6BrF2NO5/c1-17-8(14)6-5(13(15)16)3-2-4(10)7(6)18-9(11)12/h2-3,9H,1H3. The summed E-state index contributed by atoms with van der Waals surface area (Å²) < 4.78 is 32.8. The quantitative estimate of drug-likeness (QED) is 0.483. The molecule has 0 spiro atoms. The fraction of sp³-hybridized carbons (Fsp3) is 0.222. The van der Waals surface area contributed by atoms with Crippen LogP contribution < -0.4 is 4.74 Å². The lowest BCUT2D eigenvalue weighted by atomic mass is 10.1. The molecule has 0 saturated carbocycles. The summed E-state index contributed by atoms with van der Waals surface area (Å²) >= 11 is 2.87. The first kappa shape index (κ1) is 14.3. The summed E-state index contributed by atoms with van der Waals surface area (Å²) in [5.41, 5.74) is -1.35. The third-order valence-electron chi connectivity index (χ3n) is 1.88. The maximum atomic E-state index is 12.2. The van der Waals surface area contributed by atoms with Crippen LogP contribution in [-0.2, 0) is 4.74 Å². The average molecular weight is 326 g/mol. The summed E-state index contributed by atoms with van der Waals surface area (Å²) in [6.45, 7) is -3.23. The molecule has 0 radical (unpaired) electrons. The number of nitro benzene ring substituents is 1. The molecule has 0 aliphatic heterocycles. The summed E-state index contributed by atoms with van der Waals surface area (Å²) in [5, 5.41) is 10.7. The van der Waals surface area contributed by atoms with Crippen LogP contribution in [0.25, 0.3) is 0 Å². The summed E-state index contributed by atoms with van der Waals surface area (Å²) in [6.07, 6.45) is 0. The van der Waals surface area contributed by atoms with Gasteiger partial charge in [-0.15, -0.1) is 0 Å². The van der Waals surface area contributed by atoms with Crippen molar-refractivity contribution < 1.29 is 28.0 Å². The largest absolute Gasteiger partial charge is 0.465 e. The highest BCUT2D eigenvalue weighted by molar-refractivity contribution is 9.10. The molecule has 98 valence electrons. The van der Waals surface area contributed by atoms with Crippen LogP contribution in [0.15, 0.2) is 16.6 Å². The number of nitrogens with zero attached hydrogens (tertiary/aromatic N) is 1. The topological polar surface area (TPSA) is 78.7 Å². The molecule has 0 heterocycles. The second kappa shape index (κ2) is 5.71. The van der Waals surface area contributed by atoms with E-state index in [-0.39, 0.29) is 4.47 Å². The van der Waals surface area contributed by atoms with Gasteiger partial charge < -0.3 is 9.47 Å². The van der Waals surface area contributed by atoms with Crippen molar-refractivity contribution in [1.29, 1.82) is 0 Å². The van der Waals surface area contributed by atoms with E-state index in [0.29, 0.717) is 0 Å².